The van der Waals surface area contributed by atoms with Crippen molar-refractivity contribution in [3.05, 3.63) is 66.2 Å². The smallest absolute Gasteiger partial charge is 0.238 e. The van der Waals surface area contributed by atoms with Gasteiger partial charge in [0.15, 0.2) is 0 Å². The van der Waals surface area contributed by atoms with Crippen LogP contribution in [0.4, 0.5) is 5.69 Å². The molecule has 0 aromatic heterocycles. The minimum absolute atomic E-state index is 0.0662. The van der Waals surface area contributed by atoms with Crippen molar-refractivity contribution in [1.82, 2.24) is 9.80 Å². The summed E-state index contributed by atoms with van der Waals surface area (Å²) >= 11 is 1.49. The highest BCUT2D eigenvalue weighted by Crippen LogP contribution is 2.36. The van der Waals surface area contributed by atoms with Crippen LogP contribution in [0.3, 0.4) is 0 Å². The molecule has 4 rings (SSSR count). The molecule has 2 amide bonds. The fourth-order valence-corrected chi connectivity index (χ4v) is 4.70. The van der Waals surface area contributed by atoms with Crippen molar-refractivity contribution in [3.8, 4) is 0 Å². The Kier molecular flexibility index (Phi) is 6.32. The van der Waals surface area contributed by atoms with Crippen LogP contribution in [-0.2, 0) is 9.59 Å². The van der Waals surface area contributed by atoms with Crippen LogP contribution in [0.1, 0.15) is 12.0 Å². The zero-order valence-corrected chi connectivity index (χ0v) is 17.1. The Bertz CT molecular complexity index is 892. The Morgan fingerprint density at radius 2 is 1.76 bits per heavy atom. The van der Waals surface area contributed by atoms with Crippen LogP contribution in [0, 0.1) is 0 Å². The molecule has 0 bridgehead atoms. The molecule has 0 aliphatic carbocycles. The van der Waals surface area contributed by atoms with Gasteiger partial charge in [-0.1, -0.05) is 54.6 Å². The number of benzene rings is 2. The molecule has 5 nitrogen and oxygen atoms in total. The summed E-state index contributed by atoms with van der Waals surface area (Å²) in [6, 6.07) is 18.0. The van der Waals surface area contributed by atoms with Crippen LogP contribution in [0.5, 0.6) is 0 Å². The van der Waals surface area contributed by atoms with E-state index < -0.39 is 0 Å². The lowest BCUT2D eigenvalue weighted by atomic mass is 10.2. The van der Waals surface area contributed by atoms with Crippen LogP contribution in [-0.4, -0.2) is 59.6 Å². The van der Waals surface area contributed by atoms with Crippen LogP contribution in [0.25, 0.3) is 6.08 Å². The van der Waals surface area contributed by atoms with Crippen LogP contribution in [0.2, 0.25) is 0 Å². The largest absolute Gasteiger partial charge is 0.340 e. The van der Waals surface area contributed by atoms with Crippen molar-refractivity contribution in [3.63, 3.8) is 0 Å². The van der Waals surface area contributed by atoms with E-state index in [9.17, 15) is 9.59 Å². The first-order valence-corrected chi connectivity index (χ1v) is 10.9. The second kappa shape index (κ2) is 9.29. The van der Waals surface area contributed by atoms with Gasteiger partial charge >= 0.3 is 0 Å². The Morgan fingerprint density at radius 3 is 2.55 bits per heavy atom. The van der Waals surface area contributed by atoms with Gasteiger partial charge in [0.05, 0.1) is 10.9 Å². The SMILES string of the molecule is O=C1Nc2ccccc2S[C@@H]1CC(=O)N1CCN(C/C=C/c2ccccc2)CC1. The number of carbonyl (C=O) groups is 2. The van der Waals surface area contributed by atoms with Crippen molar-refractivity contribution < 1.29 is 9.59 Å². The fourth-order valence-electron chi connectivity index (χ4n) is 3.60. The van der Waals surface area contributed by atoms with Gasteiger partial charge < -0.3 is 10.2 Å². The summed E-state index contributed by atoms with van der Waals surface area (Å²) in [5, 5.41) is 2.56. The highest BCUT2D eigenvalue weighted by Gasteiger charge is 2.31. The molecule has 6 heteroatoms. The first kappa shape index (κ1) is 19.7. The molecule has 0 unspecified atom stereocenters. The van der Waals surface area contributed by atoms with Crippen LogP contribution >= 0.6 is 11.8 Å². The predicted octanol–water partition coefficient (Wildman–Crippen LogP) is 3.35. The minimum atomic E-state index is -0.357. The van der Waals surface area contributed by atoms with Gasteiger partial charge in [0.1, 0.15) is 0 Å². The molecule has 0 saturated carbocycles. The number of hydrogen-bond donors (Lipinski definition) is 1. The average molecular weight is 408 g/mol. The van der Waals surface area contributed by atoms with E-state index in [-0.39, 0.29) is 23.5 Å². The van der Waals surface area contributed by atoms with Gasteiger partial charge in [0.2, 0.25) is 11.8 Å². The summed E-state index contributed by atoms with van der Waals surface area (Å²) in [5.74, 6) is -0.0109. The molecule has 29 heavy (non-hydrogen) atoms. The number of anilines is 1. The molecule has 150 valence electrons. The molecule has 0 radical (unpaired) electrons. The van der Waals surface area contributed by atoms with Crippen molar-refractivity contribution in [1.29, 1.82) is 0 Å². The first-order valence-electron chi connectivity index (χ1n) is 9.97. The van der Waals surface area contributed by atoms with Crippen molar-refractivity contribution in [2.24, 2.45) is 0 Å². The predicted molar refractivity (Wildman–Crippen MR) is 118 cm³/mol. The number of hydrogen-bond acceptors (Lipinski definition) is 4. The normalized spacial score (nSPS) is 19.8. The van der Waals surface area contributed by atoms with Gasteiger partial charge in [-0.25, -0.2) is 0 Å². The second-order valence-corrected chi connectivity index (χ2v) is 8.54. The Morgan fingerprint density at radius 1 is 1.03 bits per heavy atom. The molecule has 2 heterocycles. The third-order valence-corrected chi connectivity index (χ3v) is 6.54. The molecule has 2 aliphatic rings. The van der Waals surface area contributed by atoms with E-state index in [4.69, 9.17) is 0 Å². The highest BCUT2D eigenvalue weighted by atomic mass is 32.2. The lowest BCUT2D eigenvalue weighted by Gasteiger charge is -2.35. The molecular weight excluding hydrogens is 382 g/mol. The lowest BCUT2D eigenvalue weighted by molar-refractivity contribution is -0.134. The average Bonchev–Trinajstić information content (AvgIpc) is 2.75. The van der Waals surface area contributed by atoms with Crippen LogP contribution < -0.4 is 5.32 Å². The molecule has 1 atom stereocenters. The minimum Gasteiger partial charge on any atom is -0.340 e. The van der Waals surface area contributed by atoms with Gasteiger partial charge in [-0.3, -0.25) is 14.5 Å². The van der Waals surface area contributed by atoms with Crippen molar-refractivity contribution in [2.75, 3.05) is 38.0 Å². The molecule has 0 spiro atoms. The zero-order valence-electron chi connectivity index (χ0n) is 16.3. The van der Waals surface area contributed by atoms with E-state index in [2.05, 4.69) is 34.5 Å². The van der Waals surface area contributed by atoms with Gasteiger partial charge in [-0.15, -0.1) is 11.8 Å². The summed E-state index contributed by atoms with van der Waals surface area (Å²) < 4.78 is 0. The molecular formula is C23H25N3O2S. The summed E-state index contributed by atoms with van der Waals surface area (Å²) in [7, 11) is 0. The molecule has 2 aromatic rings. The molecule has 1 fully saturated rings. The number of carbonyl (C=O) groups excluding carboxylic acids is 2. The number of piperazine rings is 1. The van der Waals surface area contributed by atoms with Gasteiger partial charge in [-0.2, -0.15) is 0 Å². The fraction of sp³-hybridized carbons (Fsp3) is 0.304. The van der Waals surface area contributed by atoms with Gasteiger partial charge in [0, 0.05) is 44.0 Å². The van der Waals surface area contributed by atoms with Gasteiger partial charge in [-0.05, 0) is 17.7 Å². The second-order valence-electron chi connectivity index (χ2n) is 7.29. The summed E-state index contributed by atoms with van der Waals surface area (Å²) in [4.78, 5) is 30.3. The summed E-state index contributed by atoms with van der Waals surface area (Å²) in [5.41, 5.74) is 2.04. The maximum atomic E-state index is 12.7. The number of para-hydroxylation sites is 1. The van der Waals surface area contributed by atoms with Crippen LogP contribution in [0.15, 0.2) is 65.6 Å². The Balaban J connectivity index is 1.24. The first-order chi connectivity index (χ1) is 14.2. The van der Waals surface area contributed by atoms with Crippen molar-refractivity contribution in [2.45, 2.75) is 16.6 Å². The number of nitrogens with zero attached hydrogens (tertiary/aromatic N) is 2. The maximum absolute atomic E-state index is 12.7. The maximum Gasteiger partial charge on any atom is 0.238 e. The van der Waals surface area contributed by atoms with E-state index in [0.29, 0.717) is 13.1 Å². The van der Waals surface area contributed by atoms with Crippen molar-refractivity contribution >= 4 is 35.3 Å². The lowest BCUT2D eigenvalue weighted by Crippen LogP contribution is -2.49. The molecule has 1 N–H and O–H groups in total. The van der Waals surface area contributed by atoms with Gasteiger partial charge in [0.25, 0.3) is 0 Å². The number of fused-ring (bicyclic) bond motifs is 1. The number of thioether (sulfide) groups is 1. The molecule has 1 saturated heterocycles. The van der Waals surface area contributed by atoms with E-state index in [1.807, 2.05) is 47.4 Å². The number of amides is 2. The summed E-state index contributed by atoms with van der Waals surface area (Å²) in [6.45, 7) is 4.03. The number of nitrogens with one attached hydrogen (secondary N) is 1. The Hall–Kier alpha value is -2.57. The number of rotatable bonds is 5. The van der Waals surface area contributed by atoms with E-state index in [0.717, 1.165) is 30.2 Å². The zero-order chi connectivity index (χ0) is 20.1. The third-order valence-electron chi connectivity index (χ3n) is 5.27. The third kappa shape index (κ3) is 5.08. The molecule has 2 aromatic carbocycles. The van der Waals surface area contributed by atoms with E-state index >= 15 is 0 Å². The summed E-state index contributed by atoms with van der Waals surface area (Å²) in [6.07, 6.45) is 4.56. The Labute approximate surface area is 175 Å². The highest BCUT2D eigenvalue weighted by molar-refractivity contribution is 8.01. The standard InChI is InChI=1S/C23H25N3O2S/c27-22(17-21-23(28)24-19-10-4-5-11-20(19)29-21)26-15-13-25(14-16-26)12-6-9-18-7-2-1-3-8-18/h1-11,21H,12-17H2,(H,24,28)/b9-6+/t21-/m1/s1. The topological polar surface area (TPSA) is 52.7 Å². The van der Waals surface area contributed by atoms with E-state index in [1.54, 1.807) is 0 Å². The molecule has 2 aliphatic heterocycles. The monoisotopic (exact) mass is 407 g/mol. The quantitative estimate of drug-likeness (QED) is 0.826. The van der Waals surface area contributed by atoms with E-state index in [1.165, 1.54) is 17.3 Å².